The second kappa shape index (κ2) is 12.7. The van der Waals surface area contributed by atoms with Crippen LogP contribution in [0.2, 0.25) is 0 Å². The van der Waals surface area contributed by atoms with Crippen LogP contribution in [0.5, 0.6) is 0 Å². The van der Waals surface area contributed by atoms with Gasteiger partial charge in [0.15, 0.2) is 5.96 Å². The van der Waals surface area contributed by atoms with E-state index in [9.17, 15) is 0 Å². The summed E-state index contributed by atoms with van der Waals surface area (Å²) in [6.45, 7) is 12.8. The molecule has 0 bridgehead atoms. The quantitative estimate of drug-likeness (QED) is 0.326. The van der Waals surface area contributed by atoms with E-state index in [2.05, 4.69) is 41.1 Å². The SMILES string of the molecule is CCNC(=NCC(c1ccc(C)s1)N1CCOCC1)N1CCOC(C2CCCO2)C1.I. The lowest BCUT2D eigenvalue weighted by Crippen LogP contribution is -2.53. The number of nitrogens with zero attached hydrogens (tertiary/aromatic N) is 3. The number of hydrogen-bond donors (Lipinski definition) is 1. The Morgan fingerprint density at radius 3 is 2.65 bits per heavy atom. The van der Waals surface area contributed by atoms with Gasteiger partial charge in [-0.25, -0.2) is 0 Å². The molecule has 1 aromatic heterocycles. The zero-order valence-corrected chi connectivity index (χ0v) is 21.9. The first-order valence-electron chi connectivity index (χ1n) is 11.4. The van der Waals surface area contributed by atoms with Crippen molar-refractivity contribution in [1.82, 2.24) is 15.1 Å². The van der Waals surface area contributed by atoms with Gasteiger partial charge in [-0.2, -0.15) is 0 Å². The van der Waals surface area contributed by atoms with E-state index in [1.165, 1.54) is 9.75 Å². The van der Waals surface area contributed by atoms with E-state index in [4.69, 9.17) is 19.2 Å². The third kappa shape index (κ3) is 6.77. The summed E-state index contributed by atoms with van der Waals surface area (Å²) in [5.74, 6) is 0.996. The predicted molar refractivity (Wildman–Crippen MR) is 136 cm³/mol. The number of thiophene rings is 1. The van der Waals surface area contributed by atoms with Crippen LogP contribution < -0.4 is 5.32 Å². The zero-order chi connectivity index (χ0) is 20.8. The van der Waals surface area contributed by atoms with Crippen LogP contribution in [0, 0.1) is 6.92 Å². The summed E-state index contributed by atoms with van der Waals surface area (Å²) in [5.41, 5.74) is 0. The number of hydrogen-bond acceptors (Lipinski definition) is 6. The van der Waals surface area contributed by atoms with Crippen LogP contribution in [0.4, 0.5) is 0 Å². The summed E-state index contributed by atoms with van der Waals surface area (Å²) in [6, 6.07) is 4.79. The molecule has 31 heavy (non-hydrogen) atoms. The Labute approximate surface area is 207 Å². The summed E-state index contributed by atoms with van der Waals surface area (Å²) in [7, 11) is 0. The van der Waals surface area contributed by atoms with Crippen molar-refractivity contribution in [2.45, 2.75) is 44.9 Å². The lowest BCUT2D eigenvalue weighted by molar-refractivity contribution is -0.0817. The van der Waals surface area contributed by atoms with Crippen molar-refractivity contribution >= 4 is 41.3 Å². The molecule has 3 atom stereocenters. The molecule has 1 N–H and O–H groups in total. The first kappa shape index (κ1) is 25.2. The van der Waals surface area contributed by atoms with Crippen molar-refractivity contribution in [2.75, 3.05) is 65.7 Å². The van der Waals surface area contributed by atoms with Gasteiger partial charge in [-0.1, -0.05) is 0 Å². The summed E-state index contributed by atoms with van der Waals surface area (Å²) in [6.07, 6.45) is 2.61. The average Bonchev–Trinajstić information content (AvgIpc) is 3.46. The molecule has 7 nitrogen and oxygen atoms in total. The van der Waals surface area contributed by atoms with Crippen molar-refractivity contribution < 1.29 is 14.2 Å². The highest BCUT2D eigenvalue weighted by Gasteiger charge is 2.32. The van der Waals surface area contributed by atoms with Crippen LogP contribution in [0.25, 0.3) is 0 Å². The molecule has 1 aromatic rings. The smallest absolute Gasteiger partial charge is 0.194 e. The first-order valence-corrected chi connectivity index (χ1v) is 12.2. The molecular formula is C22H37IN4O3S. The minimum Gasteiger partial charge on any atom is -0.379 e. The summed E-state index contributed by atoms with van der Waals surface area (Å²) >= 11 is 1.89. The molecule has 176 valence electrons. The number of aryl methyl sites for hydroxylation is 1. The topological polar surface area (TPSA) is 58.6 Å². The molecule has 0 aromatic carbocycles. The van der Waals surface area contributed by atoms with Crippen molar-refractivity contribution in [2.24, 2.45) is 4.99 Å². The minimum atomic E-state index is 0. The number of halogens is 1. The summed E-state index contributed by atoms with van der Waals surface area (Å²) in [5, 5.41) is 3.52. The Bertz CT molecular complexity index is 692. The number of guanidine groups is 1. The number of aliphatic imine (C=N–C) groups is 1. The first-order chi connectivity index (χ1) is 14.7. The van der Waals surface area contributed by atoms with Crippen LogP contribution in [0.1, 0.15) is 35.6 Å². The largest absolute Gasteiger partial charge is 0.379 e. The molecule has 0 spiro atoms. The maximum Gasteiger partial charge on any atom is 0.194 e. The van der Waals surface area contributed by atoms with Gasteiger partial charge < -0.3 is 24.4 Å². The van der Waals surface area contributed by atoms with Gasteiger partial charge in [0.25, 0.3) is 0 Å². The fourth-order valence-corrected chi connectivity index (χ4v) is 5.50. The Kier molecular flexibility index (Phi) is 10.3. The molecule has 3 aliphatic heterocycles. The van der Waals surface area contributed by atoms with E-state index in [0.717, 1.165) is 84.5 Å². The zero-order valence-electron chi connectivity index (χ0n) is 18.8. The Morgan fingerprint density at radius 2 is 1.97 bits per heavy atom. The molecule has 0 radical (unpaired) electrons. The Hall–Kier alpha value is -0.460. The van der Waals surface area contributed by atoms with Crippen LogP contribution in [0.3, 0.4) is 0 Å². The predicted octanol–water partition coefficient (Wildman–Crippen LogP) is 2.89. The van der Waals surface area contributed by atoms with E-state index < -0.39 is 0 Å². The molecule has 0 aliphatic carbocycles. The minimum absolute atomic E-state index is 0. The van der Waals surface area contributed by atoms with E-state index >= 15 is 0 Å². The molecule has 3 saturated heterocycles. The van der Waals surface area contributed by atoms with Crippen molar-refractivity contribution in [3.05, 3.63) is 21.9 Å². The van der Waals surface area contributed by atoms with Crippen molar-refractivity contribution in [3.63, 3.8) is 0 Å². The van der Waals surface area contributed by atoms with Crippen LogP contribution >= 0.6 is 35.3 Å². The van der Waals surface area contributed by atoms with Crippen LogP contribution in [-0.4, -0.2) is 93.7 Å². The highest BCUT2D eigenvalue weighted by molar-refractivity contribution is 14.0. The maximum atomic E-state index is 6.04. The summed E-state index contributed by atoms with van der Waals surface area (Å²) < 4.78 is 17.5. The molecule has 3 aliphatic rings. The van der Waals surface area contributed by atoms with Crippen molar-refractivity contribution in [1.29, 1.82) is 0 Å². The third-order valence-electron chi connectivity index (χ3n) is 6.10. The number of nitrogens with one attached hydrogen (secondary N) is 1. The highest BCUT2D eigenvalue weighted by Crippen LogP contribution is 2.29. The van der Waals surface area contributed by atoms with Crippen LogP contribution in [0.15, 0.2) is 17.1 Å². The number of morpholine rings is 2. The second-order valence-electron chi connectivity index (χ2n) is 8.21. The molecule has 4 rings (SSSR count). The number of ether oxygens (including phenoxy) is 3. The highest BCUT2D eigenvalue weighted by atomic mass is 127. The summed E-state index contributed by atoms with van der Waals surface area (Å²) in [4.78, 5) is 12.7. The fourth-order valence-electron chi connectivity index (χ4n) is 4.49. The Morgan fingerprint density at radius 1 is 1.16 bits per heavy atom. The molecule has 0 amide bonds. The second-order valence-corrected chi connectivity index (χ2v) is 9.53. The van der Waals surface area contributed by atoms with Gasteiger partial charge in [-0.3, -0.25) is 9.89 Å². The van der Waals surface area contributed by atoms with Crippen LogP contribution in [-0.2, 0) is 14.2 Å². The molecule has 9 heteroatoms. The van der Waals surface area contributed by atoms with Crippen molar-refractivity contribution in [3.8, 4) is 0 Å². The third-order valence-corrected chi connectivity index (χ3v) is 7.20. The standard InChI is InChI=1S/C22H36N4O3S.HI/c1-3-23-22(26-10-14-29-20(16-26)19-5-4-11-28-19)24-15-18(21-7-6-17(2)30-21)25-8-12-27-13-9-25;/h6-7,18-20H,3-5,8-16H2,1-2H3,(H,23,24);1H. The maximum absolute atomic E-state index is 6.04. The van der Waals surface area contributed by atoms with E-state index in [1.807, 2.05) is 11.3 Å². The lowest BCUT2D eigenvalue weighted by atomic mass is 10.1. The molecule has 0 saturated carbocycles. The lowest BCUT2D eigenvalue weighted by Gasteiger charge is -2.37. The van der Waals surface area contributed by atoms with Gasteiger partial charge >= 0.3 is 0 Å². The van der Waals surface area contributed by atoms with E-state index in [-0.39, 0.29) is 36.2 Å². The molecule has 3 unspecified atom stereocenters. The fraction of sp³-hybridized carbons (Fsp3) is 0.773. The monoisotopic (exact) mass is 564 g/mol. The van der Waals surface area contributed by atoms with E-state index in [1.54, 1.807) is 0 Å². The van der Waals surface area contributed by atoms with E-state index in [0.29, 0.717) is 6.04 Å². The average molecular weight is 565 g/mol. The van der Waals surface area contributed by atoms with Gasteiger partial charge in [-0.05, 0) is 38.8 Å². The number of rotatable bonds is 6. The van der Waals surface area contributed by atoms with Gasteiger partial charge in [0.05, 0.1) is 38.5 Å². The van der Waals surface area contributed by atoms with Gasteiger partial charge in [-0.15, -0.1) is 35.3 Å². The molecule has 3 fully saturated rings. The Balaban J connectivity index is 0.00000272. The molecule has 4 heterocycles. The van der Waals surface area contributed by atoms with Gasteiger partial charge in [0.2, 0.25) is 0 Å². The van der Waals surface area contributed by atoms with Gasteiger partial charge in [0, 0.05) is 49.1 Å². The molecular weight excluding hydrogens is 527 g/mol. The normalized spacial score (nSPS) is 26.5. The van der Waals surface area contributed by atoms with Gasteiger partial charge in [0.1, 0.15) is 6.10 Å².